The van der Waals surface area contributed by atoms with Gasteiger partial charge in [0.2, 0.25) is 15.9 Å². The Hall–Kier alpha value is -1.49. The molecule has 0 spiro atoms. The first kappa shape index (κ1) is 19.8. The number of amides is 1. The van der Waals surface area contributed by atoms with Crippen LogP contribution in [-0.2, 0) is 30.9 Å². The van der Waals surface area contributed by atoms with Gasteiger partial charge < -0.3 is 19.3 Å². The average Bonchev–Trinajstić information content (AvgIpc) is 2.84. The molecule has 1 aliphatic heterocycles. The van der Waals surface area contributed by atoms with Crippen LogP contribution in [0.25, 0.3) is 0 Å². The Labute approximate surface area is 147 Å². The average molecular weight is 375 g/mol. The third-order valence-electron chi connectivity index (χ3n) is 3.98. The van der Waals surface area contributed by atoms with Gasteiger partial charge in [0.05, 0.1) is 37.3 Å². The maximum atomic E-state index is 12.0. The molecule has 0 radical (unpaired) electrons. The van der Waals surface area contributed by atoms with Gasteiger partial charge in [0.25, 0.3) is 0 Å². The minimum Gasteiger partial charge on any atom is -0.379 e. The van der Waals surface area contributed by atoms with Crippen LogP contribution in [-0.4, -0.2) is 57.6 Å². The number of aromatic nitrogens is 1. The molecule has 2 heterocycles. The minimum absolute atomic E-state index is 0.0557. The highest BCUT2D eigenvalue weighted by Crippen LogP contribution is 2.18. The first-order valence-electron chi connectivity index (χ1n) is 8.11. The second-order valence-electron chi connectivity index (χ2n) is 6.11. The Kier molecular flexibility index (Phi) is 6.94. The van der Waals surface area contributed by atoms with E-state index < -0.39 is 10.0 Å². The smallest absolute Gasteiger partial charge is 0.221 e. The number of nitrogens with one attached hydrogen (secondary N) is 2. The highest BCUT2D eigenvalue weighted by Gasteiger charge is 2.28. The van der Waals surface area contributed by atoms with Crippen molar-refractivity contribution in [3.63, 3.8) is 0 Å². The molecule has 25 heavy (non-hydrogen) atoms. The molecule has 0 aromatic carbocycles. The maximum absolute atomic E-state index is 12.0. The molecule has 0 aliphatic carbocycles. The van der Waals surface area contributed by atoms with Crippen LogP contribution >= 0.6 is 0 Å². The van der Waals surface area contributed by atoms with Crippen molar-refractivity contribution in [2.75, 3.05) is 26.0 Å². The van der Waals surface area contributed by atoms with Crippen molar-refractivity contribution >= 4 is 15.9 Å². The molecule has 2 N–H and O–H groups in total. The molecule has 0 saturated carbocycles. The lowest BCUT2D eigenvalue weighted by Gasteiger charge is -2.32. The number of carbonyl (C=O) groups is 1. The van der Waals surface area contributed by atoms with Gasteiger partial charge in [-0.25, -0.2) is 13.1 Å². The molecule has 1 aromatic heterocycles. The molecule has 2 atom stereocenters. The fourth-order valence-corrected chi connectivity index (χ4v) is 3.05. The largest absolute Gasteiger partial charge is 0.379 e. The van der Waals surface area contributed by atoms with Crippen LogP contribution in [0.1, 0.15) is 29.9 Å². The van der Waals surface area contributed by atoms with Crippen molar-refractivity contribution in [3.05, 3.63) is 17.0 Å². The molecule has 9 nitrogen and oxygen atoms in total. The van der Waals surface area contributed by atoms with Gasteiger partial charge in [0.15, 0.2) is 0 Å². The monoisotopic (exact) mass is 375 g/mol. The molecule has 1 amide bonds. The summed E-state index contributed by atoms with van der Waals surface area (Å²) < 4.78 is 40.8. The summed E-state index contributed by atoms with van der Waals surface area (Å²) in [6.07, 6.45) is 1.59. The lowest BCUT2D eigenvalue weighted by atomic mass is 10.1. The number of sulfonamides is 1. The third-order valence-corrected chi connectivity index (χ3v) is 4.71. The van der Waals surface area contributed by atoms with Gasteiger partial charge in [-0.1, -0.05) is 5.16 Å². The molecule has 2 rings (SSSR count). The number of nitrogens with zero attached hydrogens (tertiary/aromatic N) is 1. The second-order valence-corrected chi connectivity index (χ2v) is 7.94. The molecule has 10 heteroatoms. The van der Waals surface area contributed by atoms with Gasteiger partial charge in [-0.2, -0.15) is 0 Å². The summed E-state index contributed by atoms with van der Waals surface area (Å²) in [6, 6.07) is -0.278. The Balaban J connectivity index is 1.84. The first-order chi connectivity index (χ1) is 11.8. The molecule has 142 valence electrons. The summed E-state index contributed by atoms with van der Waals surface area (Å²) >= 11 is 0. The number of ether oxygens (including phenoxy) is 2. The van der Waals surface area contributed by atoms with E-state index in [4.69, 9.17) is 14.0 Å². The van der Waals surface area contributed by atoms with E-state index in [0.29, 0.717) is 26.2 Å². The van der Waals surface area contributed by atoms with E-state index in [-0.39, 0.29) is 31.0 Å². The predicted octanol–water partition coefficient (Wildman–Crippen LogP) is 0.0210. The van der Waals surface area contributed by atoms with E-state index in [0.717, 1.165) is 23.3 Å². The Morgan fingerprint density at radius 3 is 2.80 bits per heavy atom. The van der Waals surface area contributed by atoms with Crippen LogP contribution in [0.3, 0.4) is 0 Å². The maximum Gasteiger partial charge on any atom is 0.221 e. The summed E-state index contributed by atoms with van der Waals surface area (Å²) in [5, 5.41) is 6.75. The van der Waals surface area contributed by atoms with Crippen molar-refractivity contribution in [1.82, 2.24) is 15.2 Å². The summed E-state index contributed by atoms with van der Waals surface area (Å²) in [5.41, 5.74) is 1.70. The number of rotatable bonds is 8. The van der Waals surface area contributed by atoms with Crippen molar-refractivity contribution in [2.24, 2.45) is 0 Å². The highest BCUT2D eigenvalue weighted by molar-refractivity contribution is 7.88. The Morgan fingerprint density at radius 2 is 2.16 bits per heavy atom. The van der Waals surface area contributed by atoms with Crippen LogP contribution in [0, 0.1) is 13.8 Å². The molecule has 1 fully saturated rings. The van der Waals surface area contributed by atoms with E-state index >= 15 is 0 Å². The highest BCUT2D eigenvalue weighted by atomic mass is 32.2. The second kappa shape index (κ2) is 8.75. The van der Waals surface area contributed by atoms with Crippen molar-refractivity contribution in [2.45, 2.75) is 45.4 Å². The zero-order valence-corrected chi connectivity index (χ0v) is 15.5. The van der Waals surface area contributed by atoms with Crippen LogP contribution < -0.4 is 10.0 Å². The van der Waals surface area contributed by atoms with Crippen LogP contribution in [0.2, 0.25) is 0 Å². The van der Waals surface area contributed by atoms with Crippen LogP contribution in [0.5, 0.6) is 0 Å². The molecule has 0 bridgehead atoms. The van der Waals surface area contributed by atoms with Crippen molar-refractivity contribution in [3.8, 4) is 0 Å². The molecule has 1 aromatic rings. The van der Waals surface area contributed by atoms with Gasteiger partial charge in [-0.15, -0.1) is 0 Å². The molecule has 1 saturated heterocycles. The van der Waals surface area contributed by atoms with E-state index in [1.165, 1.54) is 0 Å². The van der Waals surface area contributed by atoms with Gasteiger partial charge in [-0.3, -0.25) is 4.79 Å². The van der Waals surface area contributed by atoms with Crippen molar-refractivity contribution in [1.29, 1.82) is 0 Å². The first-order valence-corrected chi connectivity index (χ1v) is 10.0. The molecule has 0 unspecified atom stereocenters. The minimum atomic E-state index is -3.30. The van der Waals surface area contributed by atoms with Gasteiger partial charge in [0.1, 0.15) is 5.76 Å². The molecule has 1 aliphatic rings. The van der Waals surface area contributed by atoms with Gasteiger partial charge in [-0.05, 0) is 20.3 Å². The fourth-order valence-electron chi connectivity index (χ4n) is 2.58. The van der Waals surface area contributed by atoms with Gasteiger partial charge in [0, 0.05) is 25.1 Å². The lowest BCUT2D eigenvalue weighted by Crippen LogP contribution is -2.50. The SMILES string of the molecule is Cc1noc(C)c1CO[C@@H]1CCOC[C@@H]1NC(=O)CCNS(C)(=O)=O. The van der Waals surface area contributed by atoms with E-state index in [1.54, 1.807) is 0 Å². The van der Waals surface area contributed by atoms with Crippen LogP contribution in [0.4, 0.5) is 0 Å². The predicted molar refractivity (Wildman–Crippen MR) is 89.4 cm³/mol. The van der Waals surface area contributed by atoms with E-state index in [9.17, 15) is 13.2 Å². The lowest BCUT2D eigenvalue weighted by molar-refractivity contribution is -0.126. The van der Waals surface area contributed by atoms with E-state index in [2.05, 4.69) is 15.2 Å². The number of aryl methyl sites for hydroxylation is 2. The summed E-state index contributed by atoms with van der Waals surface area (Å²) in [4.78, 5) is 12.0. The number of carbonyl (C=O) groups excluding carboxylic acids is 1. The normalized spacial score (nSPS) is 21.2. The standard InChI is InChI=1S/C15H25N3O6S/c1-10-12(11(2)24-18-10)8-23-14-5-7-22-9-13(14)17-15(19)4-6-16-25(3,20)21/h13-14,16H,4-9H2,1-3H3,(H,17,19)/t13-,14+/m0/s1. The summed E-state index contributed by atoms with van der Waals surface area (Å²) in [6.45, 7) is 5.02. The topological polar surface area (TPSA) is 120 Å². The summed E-state index contributed by atoms with van der Waals surface area (Å²) in [5.74, 6) is 0.467. The molecular formula is C15H25N3O6S. The zero-order valence-electron chi connectivity index (χ0n) is 14.7. The quantitative estimate of drug-likeness (QED) is 0.657. The fraction of sp³-hybridized carbons (Fsp3) is 0.733. The third kappa shape index (κ3) is 6.38. The molecular weight excluding hydrogens is 350 g/mol. The number of hydrogen-bond acceptors (Lipinski definition) is 7. The number of hydrogen-bond donors (Lipinski definition) is 2. The van der Waals surface area contributed by atoms with Crippen LogP contribution in [0.15, 0.2) is 4.52 Å². The zero-order chi connectivity index (χ0) is 18.4. The van der Waals surface area contributed by atoms with Crippen molar-refractivity contribution < 1.29 is 27.2 Å². The van der Waals surface area contributed by atoms with E-state index in [1.807, 2.05) is 13.8 Å². The van der Waals surface area contributed by atoms with Gasteiger partial charge >= 0.3 is 0 Å². The Morgan fingerprint density at radius 1 is 1.40 bits per heavy atom. The summed E-state index contributed by atoms with van der Waals surface area (Å²) in [7, 11) is -3.30. The Bertz CT molecular complexity index is 668.